The summed E-state index contributed by atoms with van der Waals surface area (Å²) < 4.78 is 2.67. The summed E-state index contributed by atoms with van der Waals surface area (Å²) in [6.45, 7) is 6.34. The minimum atomic E-state index is -0.423. The second-order valence-corrected chi connectivity index (χ2v) is 7.78. The van der Waals surface area contributed by atoms with Crippen LogP contribution in [-0.2, 0) is 0 Å². The highest BCUT2D eigenvalue weighted by atomic mass is 32.1. The van der Waals surface area contributed by atoms with Crippen molar-refractivity contribution in [3.63, 3.8) is 0 Å². The van der Waals surface area contributed by atoms with Crippen molar-refractivity contribution in [2.45, 2.75) is 33.3 Å². The molecule has 0 amide bonds. The Labute approximate surface area is 152 Å². The van der Waals surface area contributed by atoms with E-state index in [0.717, 1.165) is 17.5 Å². The minimum absolute atomic E-state index is 0.423. The van der Waals surface area contributed by atoms with E-state index in [1.807, 2.05) is 18.3 Å². The lowest BCUT2D eigenvalue weighted by Gasteiger charge is -2.17. The summed E-state index contributed by atoms with van der Waals surface area (Å²) >= 11 is 1.86. The molecule has 0 fully saturated rings. The molecule has 1 N–H and O–H groups in total. The Hall–Kier alpha value is -2.16. The summed E-state index contributed by atoms with van der Waals surface area (Å²) in [6.07, 6.45) is 0.299. The van der Waals surface area contributed by atoms with Crippen LogP contribution in [0, 0.1) is 13.8 Å². The van der Waals surface area contributed by atoms with E-state index in [-0.39, 0.29) is 0 Å². The van der Waals surface area contributed by atoms with Gasteiger partial charge in [-0.15, -0.1) is 11.3 Å². The molecule has 0 aliphatic heterocycles. The maximum atomic E-state index is 10.5. The van der Waals surface area contributed by atoms with Crippen LogP contribution in [0.4, 0.5) is 0 Å². The Kier molecular flexibility index (Phi) is 4.10. The normalized spacial score (nSPS) is 12.8. The molecule has 2 heteroatoms. The highest BCUT2D eigenvalue weighted by Gasteiger charge is 2.16. The van der Waals surface area contributed by atoms with E-state index in [9.17, 15) is 5.11 Å². The zero-order chi connectivity index (χ0) is 17.6. The monoisotopic (exact) mass is 346 g/mol. The molecular weight excluding hydrogens is 324 g/mol. The number of rotatable bonds is 3. The van der Waals surface area contributed by atoms with Crippen molar-refractivity contribution in [2.24, 2.45) is 0 Å². The molecule has 4 aromatic rings. The summed E-state index contributed by atoms with van der Waals surface area (Å²) in [6, 6.07) is 19.4. The van der Waals surface area contributed by atoms with Gasteiger partial charge in [0.1, 0.15) is 0 Å². The highest BCUT2D eigenvalue weighted by Crippen LogP contribution is 2.41. The molecule has 0 aliphatic rings. The molecule has 4 rings (SSSR count). The number of aryl methyl sites for hydroxylation is 2. The van der Waals surface area contributed by atoms with Gasteiger partial charge in [0.05, 0.1) is 6.10 Å². The summed E-state index contributed by atoms with van der Waals surface area (Å²) in [4.78, 5) is 0. The number of fused-ring (bicyclic) bond motifs is 3. The van der Waals surface area contributed by atoms with Gasteiger partial charge in [0.2, 0.25) is 0 Å². The Morgan fingerprint density at radius 2 is 1.72 bits per heavy atom. The van der Waals surface area contributed by atoms with Gasteiger partial charge < -0.3 is 5.11 Å². The molecule has 1 nitrogen and oxygen atoms in total. The zero-order valence-electron chi connectivity index (χ0n) is 14.8. The highest BCUT2D eigenvalue weighted by molar-refractivity contribution is 7.26. The van der Waals surface area contributed by atoms with E-state index in [0.29, 0.717) is 0 Å². The van der Waals surface area contributed by atoms with Gasteiger partial charge in [0, 0.05) is 20.2 Å². The second-order valence-electron chi connectivity index (χ2n) is 6.73. The quantitative estimate of drug-likeness (QED) is 0.433. The van der Waals surface area contributed by atoms with Crippen LogP contribution in [0.1, 0.15) is 36.1 Å². The van der Waals surface area contributed by atoms with Crippen LogP contribution in [-0.4, -0.2) is 5.11 Å². The summed E-state index contributed by atoms with van der Waals surface area (Å²) in [7, 11) is 0. The van der Waals surface area contributed by atoms with Gasteiger partial charge in [-0.2, -0.15) is 0 Å². The van der Waals surface area contributed by atoms with Gasteiger partial charge in [-0.3, -0.25) is 0 Å². The van der Waals surface area contributed by atoms with Crippen LogP contribution >= 0.6 is 11.3 Å². The molecule has 25 heavy (non-hydrogen) atoms. The molecule has 0 aliphatic carbocycles. The van der Waals surface area contributed by atoms with Gasteiger partial charge in [-0.05, 0) is 48.6 Å². The standard InChI is InChI=1S/C23H22OS/c1-4-21(24)17-10-9-14(2)13-20(17)16-11-12-19-18-7-5-6-8-22(18)25-23(19)15(16)3/h5-13,21,24H,4H2,1-3H3. The molecule has 0 radical (unpaired) electrons. The van der Waals surface area contributed by atoms with Crippen molar-refractivity contribution >= 4 is 31.5 Å². The first-order valence-electron chi connectivity index (χ1n) is 8.80. The van der Waals surface area contributed by atoms with Gasteiger partial charge in [-0.1, -0.05) is 61.0 Å². The first-order chi connectivity index (χ1) is 12.1. The molecule has 1 aromatic heterocycles. The molecule has 0 saturated heterocycles. The predicted molar refractivity (Wildman–Crippen MR) is 109 cm³/mol. The van der Waals surface area contributed by atoms with Gasteiger partial charge in [-0.25, -0.2) is 0 Å². The minimum Gasteiger partial charge on any atom is -0.388 e. The Balaban J connectivity index is 2.01. The predicted octanol–water partition coefficient (Wildman–Crippen LogP) is 6.78. The lowest BCUT2D eigenvalue weighted by atomic mass is 9.90. The van der Waals surface area contributed by atoms with E-state index in [1.54, 1.807) is 0 Å². The second kappa shape index (κ2) is 6.29. The smallest absolute Gasteiger partial charge is 0.0793 e. The molecule has 126 valence electrons. The molecule has 3 aromatic carbocycles. The van der Waals surface area contributed by atoms with Crippen molar-refractivity contribution in [3.8, 4) is 11.1 Å². The molecular formula is C23H22OS. The maximum absolute atomic E-state index is 10.5. The SMILES string of the molecule is CCC(O)c1ccc(C)cc1-c1ccc2c(sc3ccccc32)c1C. The first-order valence-corrected chi connectivity index (χ1v) is 9.61. The van der Waals surface area contributed by atoms with Crippen LogP contribution in [0.3, 0.4) is 0 Å². The zero-order valence-corrected chi connectivity index (χ0v) is 15.7. The third kappa shape index (κ3) is 2.66. The fourth-order valence-corrected chi connectivity index (χ4v) is 4.83. The average Bonchev–Trinajstić information content (AvgIpc) is 3.01. The molecule has 1 unspecified atom stereocenters. The molecule has 0 saturated carbocycles. The first kappa shape index (κ1) is 16.3. The molecule has 1 heterocycles. The summed E-state index contributed by atoms with van der Waals surface area (Å²) in [5.74, 6) is 0. The van der Waals surface area contributed by atoms with E-state index in [1.165, 1.54) is 36.9 Å². The number of hydrogen-bond acceptors (Lipinski definition) is 2. The lowest BCUT2D eigenvalue weighted by Crippen LogP contribution is -1.99. The molecule has 0 spiro atoms. The third-order valence-corrected chi connectivity index (χ3v) is 6.35. The largest absolute Gasteiger partial charge is 0.388 e. The van der Waals surface area contributed by atoms with Crippen molar-refractivity contribution in [2.75, 3.05) is 0 Å². The number of benzene rings is 3. The Bertz CT molecular complexity index is 1070. The van der Waals surface area contributed by atoms with Gasteiger partial charge in [0.15, 0.2) is 0 Å². The number of thiophene rings is 1. The fraction of sp³-hybridized carbons (Fsp3) is 0.217. The molecule has 1 atom stereocenters. The van der Waals surface area contributed by atoms with E-state index in [2.05, 4.69) is 68.4 Å². The van der Waals surface area contributed by atoms with E-state index < -0.39 is 6.10 Å². The van der Waals surface area contributed by atoms with Crippen LogP contribution < -0.4 is 0 Å². The van der Waals surface area contributed by atoms with Crippen LogP contribution in [0.5, 0.6) is 0 Å². The summed E-state index contributed by atoms with van der Waals surface area (Å²) in [5.41, 5.74) is 5.93. The number of aliphatic hydroxyl groups is 1. The van der Waals surface area contributed by atoms with Crippen molar-refractivity contribution in [3.05, 3.63) is 71.3 Å². The van der Waals surface area contributed by atoms with Crippen LogP contribution in [0.2, 0.25) is 0 Å². The Morgan fingerprint density at radius 1 is 0.920 bits per heavy atom. The topological polar surface area (TPSA) is 20.2 Å². The Morgan fingerprint density at radius 3 is 2.52 bits per heavy atom. The van der Waals surface area contributed by atoms with E-state index >= 15 is 0 Å². The van der Waals surface area contributed by atoms with E-state index in [4.69, 9.17) is 0 Å². The third-order valence-electron chi connectivity index (χ3n) is 5.04. The van der Waals surface area contributed by atoms with Crippen molar-refractivity contribution in [1.82, 2.24) is 0 Å². The summed E-state index contributed by atoms with van der Waals surface area (Å²) in [5, 5.41) is 13.1. The van der Waals surface area contributed by atoms with Crippen molar-refractivity contribution in [1.29, 1.82) is 0 Å². The number of hydrogen-bond donors (Lipinski definition) is 1. The average molecular weight is 346 g/mol. The lowest BCUT2D eigenvalue weighted by molar-refractivity contribution is 0.174. The molecule has 0 bridgehead atoms. The van der Waals surface area contributed by atoms with Crippen LogP contribution in [0.25, 0.3) is 31.3 Å². The van der Waals surface area contributed by atoms with Gasteiger partial charge in [0.25, 0.3) is 0 Å². The fourth-order valence-electron chi connectivity index (χ4n) is 3.63. The van der Waals surface area contributed by atoms with Gasteiger partial charge >= 0.3 is 0 Å². The number of aliphatic hydroxyl groups excluding tert-OH is 1. The van der Waals surface area contributed by atoms with Crippen molar-refractivity contribution < 1.29 is 5.11 Å². The maximum Gasteiger partial charge on any atom is 0.0793 e. The van der Waals surface area contributed by atoms with Crippen LogP contribution in [0.15, 0.2) is 54.6 Å².